The van der Waals surface area contributed by atoms with Crippen molar-refractivity contribution in [3.05, 3.63) is 17.8 Å². The number of hydrogen-bond donors (Lipinski definition) is 0. The van der Waals surface area contributed by atoms with Gasteiger partial charge in [-0.1, -0.05) is 19.3 Å². The summed E-state index contributed by atoms with van der Waals surface area (Å²) in [6, 6.07) is 0.222. The minimum absolute atomic E-state index is 0.0220. The van der Waals surface area contributed by atoms with Crippen molar-refractivity contribution < 1.29 is 13.9 Å². The molecule has 2 aliphatic heterocycles. The topological polar surface area (TPSA) is 55.6 Å². The normalized spacial score (nSPS) is 29.3. The van der Waals surface area contributed by atoms with Gasteiger partial charge in [0, 0.05) is 19.1 Å². The highest BCUT2D eigenvalue weighted by Crippen LogP contribution is 2.33. The summed E-state index contributed by atoms with van der Waals surface area (Å²) in [7, 11) is 0. The molecule has 0 radical (unpaired) electrons. The zero-order valence-corrected chi connectivity index (χ0v) is 13.7. The van der Waals surface area contributed by atoms with E-state index in [0.717, 1.165) is 57.6 Å². The van der Waals surface area contributed by atoms with Gasteiger partial charge in [0.15, 0.2) is 11.6 Å². The quantitative estimate of drug-likeness (QED) is 0.856. The molecule has 2 atom stereocenters. The van der Waals surface area contributed by atoms with E-state index in [1.807, 2.05) is 4.90 Å². The third kappa shape index (κ3) is 3.03. The van der Waals surface area contributed by atoms with Crippen LogP contribution in [0.15, 0.2) is 10.7 Å². The summed E-state index contributed by atoms with van der Waals surface area (Å²) in [5.74, 6) is 1.19. The number of likely N-dealkylation sites (tertiary alicyclic amines) is 1. The summed E-state index contributed by atoms with van der Waals surface area (Å²) in [5, 5.41) is 0. The highest BCUT2D eigenvalue weighted by atomic mass is 16.5. The van der Waals surface area contributed by atoms with Gasteiger partial charge in [0.2, 0.25) is 0 Å². The Labute approximate surface area is 137 Å². The van der Waals surface area contributed by atoms with Gasteiger partial charge in [0.25, 0.3) is 5.91 Å². The van der Waals surface area contributed by atoms with E-state index in [0.29, 0.717) is 11.6 Å². The number of hydrogen-bond acceptors (Lipinski definition) is 4. The van der Waals surface area contributed by atoms with Crippen LogP contribution >= 0.6 is 0 Å². The summed E-state index contributed by atoms with van der Waals surface area (Å²) in [6.07, 6.45) is 12.1. The van der Waals surface area contributed by atoms with E-state index in [2.05, 4.69) is 4.98 Å². The fraction of sp³-hybridized carbons (Fsp3) is 0.778. The maximum absolute atomic E-state index is 12.9. The summed E-state index contributed by atoms with van der Waals surface area (Å²) in [4.78, 5) is 19.4. The standard InChI is InChI=1S/C18H26N2O3/c21-18(20-10-4-8-15(20)16-9-5-11-22-16)14-12-23-17(19-14)13-6-2-1-3-7-13/h12-13,15-16H,1-11H2. The van der Waals surface area contributed by atoms with Crippen LogP contribution in [0.5, 0.6) is 0 Å². The summed E-state index contributed by atoms with van der Waals surface area (Å²) in [6.45, 7) is 1.65. The fourth-order valence-corrected chi connectivity index (χ4v) is 4.41. The van der Waals surface area contributed by atoms with Gasteiger partial charge < -0.3 is 14.1 Å². The Morgan fingerprint density at radius 2 is 1.96 bits per heavy atom. The van der Waals surface area contributed by atoms with Crippen molar-refractivity contribution >= 4 is 5.91 Å². The molecular weight excluding hydrogens is 292 g/mol. The van der Waals surface area contributed by atoms with Gasteiger partial charge in [-0.2, -0.15) is 0 Å². The first-order valence-corrected chi connectivity index (χ1v) is 9.21. The smallest absolute Gasteiger partial charge is 0.276 e. The van der Waals surface area contributed by atoms with Crippen molar-refractivity contribution in [1.82, 2.24) is 9.88 Å². The highest BCUT2D eigenvalue weighted by molar-refractivity contribution is 5.92. The van der Waals surface area contributed by atoms with Crippen LogP contribution in [0, 0.1) is 0 Å². The first kappa shape index (κ1) is 15.2. The average Bonchev–Trinajstić information content (AvgIpc) is 3.34. The number of oxazole rings is 1. The van der Waals surface area contributed by atoms with Crippen molar-refractivity contribution in [1.29, 1.82) is 0 Å². The van der Waals surface area contributed by atoms with Gasteiger partial charge in [-0.3, -0.25) is 4.79 Å². The van der Waals surface area contributed by atoms with Crippen molar-refractivity contribution in [2.45, 2.75) is 75.9 Å². The van der Waals surface area contributed by atoms with E-state index in [1.54, 1.807) is 6.26 Å². The number of ether oxygens (including phenoxy) is 1. The zero-order chi connectivity index (χ0) is 15.6. The molecule has 1 amide bonds. The van der Waals surface area contributed by atoms with Crippen LogP contribution in [0.2, 0.25) is 0 Å². The maximum atomic E-state index is 12.9. The van der Waals surface area contributed by atoms with E-state index in [4.69, 9.17) is 9.15 Å². The second kappa shape index (κ2) is 6.63. The van der Waals surface area contributed by atoms with Crippen molar-refractivity contribution in [2.24, 2.45) is 0 Å². The molecule has 4 rings (SSSR count). The summed E-state index contributed by atoms with van der Waals surface area (Å²) < 4.78 is 11.5. The lowest BCUT2D eigenvalue weighted by molar-refractivity contribution is 0.0337. The first-order chi connectivity index (χ1) is 11.3. The second-order valence-electron chi connectivity index (χ2n) is 7.17. The van der Waals surface area contributed by atoms with Gasteiger partial charge in [0.05, 0.1) is 12.1 Å². The molecule has 0 spiro atoms. The van der Waals surface area contributed by atoms with Crippen LogP contribution in [-0.4, -0.2) is 41.1 Å². The second-order valence-corrected chi connectivity index (χ2v) is 7.17. The zero-order valence-electron chi connectivity index (χ0n) is 13.7. The molecule has 0 aromatic carbocycles. The van der Waals surface area contributed by atoms with Gasteiger partial charge >= 0.3 is 0 Å². The fourth-order valence-electron chi connectivity index (χ4n) is 4.41. The van der Waals surface area contributed by atoms with E-state index in [9.17, 15) is 4.79 Å². The Balaban J connectivity index is 1.46. The molecule has 2 unspecified atom stereocenters. The van der Waals surface area contributed by atoms with Crippen LogP contribution in [0.4, 0.5) is 0 Å². The van der Waals surface area contributed by atoms with Crippen molar-refractivity contribution in [3.63, 3.8) is 0 Å². The van der Waals surface area contributed by atoms with Crippen LogP contribution in [0.3, 0.4) is 0 Å². The molecule has 1 aliphatic carbocycles. The Kier molecular flexibility index (Phi) is 4.38. The number of carbonyl (C=O) groups excluding carboxylic acids is 1. The Bertz CT molecular complexity index is 544. The van der Waals surface area contributed by atoms with E-state index in [-0.39, 0.29) is 18.1 Å². The molecule has 1 saturated carbocycles. The number of aromatic nitrogens is 1. The SMILES string of the molecule is O=C(c1coc(C2CCCCC2)n1)N1CCCC1C1CCCO1. The molecule has 5 nitrogen and oxygen atoms in total. The molecule has 0 N–H and O–H groups in total. The van der Waals surface area contributed by atoms with Crippen molar-refractivity contribution in [2.75, 3.05) is 13.2 Å². The lowest BCUT2D eigenvalue weighted by Crippen LogP contribution is -2.42. The molecule has 3 heterocycles. The Morgan fingerprint density at radius 1 is 1.09 bits per heavy atom. The summed E-state index contributed by atoms with van der Waals surface area (Å²) in [5.41, 5.74) is 0.482. The van der Waals surface area contributed by atoms with Crippen molar-refractivity contribution in [3.8, 4) is 0 Å². The molecule has 126 valence electrons. The molecule has 3 aliphatic rings. The lowest BCUT2D eigenvalue weighted by Gasteiger charge is -2.28. The largest absolute Gasteiger partial charge is 0.448 e. The molecule has 0 bridgehead atoms. The van der Waals surface area contributed by atoms with Gasteiger partial charge in [-0.25, -0.2) is 4.98 Å². The molecule has 5 heteroatoms. The Morgan fingerprint density at radius 3 is 2.74 bits per heavy atom. The van der Waals surface area contributed by atoms with Crippen LogP contribution in [-0.2, 0) is 4.74 Å². The van der Waals surface area contributed by atoms with Crippen LogP contribution < -0.4 is 0 Å². The van der Waals surface area contributed by atoms with Gasteiger partial charge in [-0.05, 0) is 38.5 Å². The predicted octanol–water partition coefficient (Wildman–Crippen LogP) is 3.51. The molecule has 1 aromatic heterocycles. The molecule has 2 saturated heterocycles. The number of amides is 1. The lowest BCUT2D eigenvalue weighted by atomic mass is 9.89. The molecule has 1 aromatic rings. The van der Waals surface area contributed by atoms with E-state index >= 15 is 0 Å². The third-order valence-corrected chi connectivity index (χ3v) is 5.65. The van der Waals surface area contributed by atoms with Gasteiger partial charge in [-0.15, -0.1) is 0 Å². The average molecular weight is 318 g/mol. The Hall–Kier alpha value is -1.36. The van der Waals surface area contributed by atoms with E-state index in [1.165, 1.54) is 19.3 Å². The minimum atomic E-state index is 0.0220. The minimum Gasteiger partial charge on any atom is -0.448 e. The van der Waals surface area contributed by atoms with Crippen LogP contribution in [0.1, 0.15) is 80.1 Å². The first-order valence-electron chi connectivity index (χ1n) is 9.21. The monoisotopic (exact) mass is 318 g/mol. The maximum Gasteiger partial charge on any atom is 0.276 e. The number of carbonyl (C=O) groups is 1. The third-order valence-electron chi connectivity index (χ3n) is 5.65. The predicted molar refractivity (Wildman–Crippen MR) is 85.4 cm³/mol. The molecular formula is C18H26N2O3. The molecule has 23 heavy (non-hydrogen) atoms. The van der Waals surface area contributed by atoms with E-state index < -0.39 is 0 Å². The van der Waals surface area contributed by atoms with Crippen LogP contribution in [0.25, 0.3) is 0 Å². The summed E-state index contributed by atoms with van der Waals surface area (Å²) >= 11 is 0. The number of rotatable bonds is 3. The van der Waals surface area contributed by atoms with Gasteiger partial charge in [0.1, 0.15) is 6.26 Å². The highest BCUT2D eigenvalue weighted by Gasteiger charge is 2.38. The molecule has 3 fully saturated rings. The number of nitrogens with zero attached hydrogens (tertiary/aromatic N) is 2.